The number of rotatable bonds is 16. The van der Waals surface area contributed by atoms with E-state index in [9.17, 15) is 37.5 Å². The van der Waals surface area contributed by atoms with Gasteiger partial charge in [-0.15, -0.1) is 0 Å². The number of amides is 6. The van der Waals surface area contributed by atoms with E-state index in [4.69, 9.17) is 15.9 Å². The number of carbonyl (C=O) groups excluding carboxylic acids is 6. The first kappa shape index (κ1) is 47.3. The highest BCUT2D eigenvalue weighted by Crippen LogP contribution is 2.31. The number of unbranched alkanes of at least 4 members (excludes halogenated alkanes) is 3. The summed E-state index contributed by atoms with van der Waals surface area (Å²) in [5.74, 6) is -4.14. The monoisotopic (exact) mass is 931 g/mol. The van der Waals surface area contributed by atoms with Crippen molar-refractivity contribution in [1.82, 2.24) is 20.4 Å². The molecule has 4 heterocycles. The molecule has 0 aliphatic carbocycles. The van der Waals surface area contributed by atoms with Gasteiger partial charge in [0.05, 0.1) is 16.7 Å². The third kappa shape index (κ3) is 11.1. The molecule has 0 bridgehead atoms. The largest absolute Gasteiger partial charge is 0.398 e. The Morgan fingerprint density at radius 3 is 2.26 bits per heavy atom. The summed E-state index contributed by atoms with van der Waals surface area (Å²) in [4.78, 5) is 82.2. The van der Waals surface area contributed by atoms with Gasteiger partial charge < -0.3 is 36.2 Å². The minimum Gasteiger partial charge on any atom is -0.398 e. The normalized spacial score (nSPS) is 17.5. The number of piperidine rings is 1. The van der Waals surface area contributed by atoms with E-state index in [1.54, 1.807) is 42.5 Å². The number of piperazine rings is 1. The Balaban J connectivity index is 0.794. The van der Waals surface area contributed by atoms with Crippen molar-refractivity contribution < 1.29 is 42.3 Å². The van der Waals surface area contributed by atoms with Gasteiger partial charge in [0.15, 0.2) is 0 Å². The van der Waals surface area contributed by atoms with Crippen LogP contribution in [0.15, 0.2) is 72.8 Å². The molecule has 0 spiro atoms. The Labute approximate surface area is 392 Å². The second-order valence-corrected chi connectivity index (χ2v) is 17.6. The maximum Gasteiger partial charge on any atom is 0.262 e. The molecule has 18 heteroatoms. The lowest BCUT2D eigenvalue weighted by atomic mass is 10.0. The van der Waals surface area contributed by atoms with Gasteiger partial charge in [0, 0.05) is 99.2 Å². The lowest BCUT2D eigenvalue weighted by molar-refractivity contribution is -0.136. The first-order chi connectivity index (χ1) is 32.8. The van der Waals surface area contributed by atoms with Gasteiger partial charge >= 0.3 is 0 Å². The maximum atomic E-state index is 13.9. The summed E-state index contributed by atoms with van der Waals surface area (Å²) in [5.41, 5.74) is 10.8. The Morgan fingerprint density at radius 1 is 0.779 bits per heavy atom. The summed E-state index contributed by atoms with van der Waals surface area (Å²) in [5, 5.41) is 20.6. The van der Waals surface area contributed by atoms with Crippen LogP contribution in [0.4, 0.5) is 31.5 Å². The molecule has 8 rings (SSSR count). The number of imide groups is 2. The van der Waals surface area contributed by atoms with Gasteiger partial charge in [-0.25, -0.2) is 8.78 Å². The number of nitrogens with zero attached hydrogens (tertiary/aromatic N) is 3. The highest BCUT2D eigenvalue weighted by Gasteiger charge is 2.44. The molecular weight excluding hydrogens is 877 g/mol. The van der Waals surface area contributed by atoms with Crippen molar-refractivity contribution in [3.8, 4) is 0 Å². The smallest absolute Gasteiger partial charge is 0.262 e. The highest BCUT2D eigenvalue weighted by atomic mass is 19.1. The van der Waals surface area contributed by atoms with Crippen molar-refractivity contribution in [1.29, 1.82) is 5.41 Å². The molecule has 356 valence electrons. The van der Waals surface area contributed by atoms with Crippen molar-refractivity contribution in [3.63, 3.8) is 0 Å². The van der Waals surface area contributed by atoms with E-state index in [1.807, 2.05) is 17.0 Å². The molecule has 7 N–H and O–H groups in total. The molecule has 0 aromatic heterocycles. The second kappa shape index (κ2) is 21.2. The number of benzene rings is 4. The number of hydrogen-bond donors (Lipinski definition) is 6. The first-order valence-corrected chi connectivity index (χ1v) is 23.2. The Kier molecular flexibility index (Phi) is 14.7. The number of nitrogen functional groups attached to an aromatic ring is 1. The average Bonchev–Trinajstić information content (AvgIpc) is 3.56. The fraction of sp³-hybridized carbons (Fsp3) is 0.380. The Bertz CT molecular complexity index is 2610. The minimum absolute atomic E-state index is 0.0590. The summed E-state index contributed by atoms with van der Waals surface area (Å²) >= 11 is 0. The zero-order valence-electron chi connectivity index (χ0n) is 37.6. The van der Waals surface area contributed by atoms with Gasteiger partial charge in [-0.05, 0) is 110 Å². The van der Waals surface area contributed by atoms with Crippen LogP contribution in [0.3, 0.4) is 0 Å². The maximum absolute atomic E-state index is 13.9. The molecule has 4 aromatic rings. The molecule has 3 saturated heterocycles. The molecule has 4 aliphatic rings. The van der Waals surface area contributed by atoms with E-state index >= 15 is 0 Å². The molecular formula is C50H55F2N9O7. The van der Waals surface area contributed by atoms with Crippen LogP contribution in [0.25, 0.3) is 0 Å². The van der Waals surface area contributed by atoms with Crippen LogP contribution in [0.5, 0.6) is 0 Å². The summed E-state index contributed by atoms with van der Waals surface area (Å²) in [7, 11) is 0. The number of fused-ring (bicyclic) bond motifs is 1. The molecule has 0 saturated carbocycles. The summed E-state index contributed by atoms with van der Waals surface area (Å²) in [6.07, 6.45) is 5.66. The SMILES string of the molecule is N=C(NC(=O)c1ccc(N2CCN(C(=O)CCCCCCNc3ccc4c(c3)C(=O)N(C3CCC(=O)NC3=O)C4=O)CC2)cc1NC1CCOCC1)c1cc(Cc2cc(F)cc(F)c2)ccc1N. The molecule has 6 amide bonds. The van der Waals surface area contributed by atoms with Gasteiger partial charge in [0.2, 0.25) is 17.7 Å². The number of amidine groups is 1. The van der Waals surface area contributed by atoms with E-state index < -0.39 is 47.2 Å². The minimum atomic E-state index is -1.01. The average molecular weight is 932 g/mol. The molecule has 1 unspecified atom stereocenters. The van der Waals surface area contributed by atoms with E-state index in [2.05, 4.69) is 26.2 Å². The standard InChI is InChI=1S/C50H55F2N9O7/c51-32-24-31(25-33(52)27-32)23-30-6-11-41(53)40(26-30)46(54)58-47(64)38-10-8-36(29-42(38)56-34-14-21-68-22-15-34)59-17-19-60(20-18-59)45(63)5-3-1-2-4-16-55-35-7-9-37-39(28-35)50(67)61(49(37)66)43-12-13-44(62)57-48(43)65/h6-11,24-29,34,43,55-56H,1-5,12-23,53H2,(H2,54,58,64)(H,57,62,65). The van der Waals surface area contributed by atoms with Crippen molar-refractivity contribution in [2.24, 2.45) is 0 Å². The van der Waals surface area contributed by atoms with Gasteiger partial charge in [-0.2, -0.15) is 0 Å². The Hall–Kier alpha value is -7.21. The van der Waals surface area contributed by atoms with Gasteiger partial charge in [0.25, 0.3) is 17.7 Å². The van der Waals surface area contributed by atoms with Crippen LogP contribution < -0.4 is 31.9 Å². The van der Waals surface area contributed by atoms with Gasteiger partial charge in [0.1, 0.15) is 23.5 Å². The van der Waals surface area contributed by atoms with Crippen LogP contribution >= 0.6 is 0 Å². The van der Waals surface area contributed by atoms with Crippen LogP contribution in [0.1, 0.15) is 106 Å². The third-order valence-electron chi connectivity index (χ3n) is 12.9. The van der Waals surface area contributed by atoms with Crippen molar-refractivity contribution >= 4 is 64.0 Å². The predicted molar refractivity (Wildman–Crippen MR) is 252 cm³/mol. The molecule has 1 atom stereocenters. The van der Waals surface area contributed by atoms with Gasteiger partial charge in [-0.3, -0.25) is 44.4 Å². The number of nitrogens with one attached hydrogen (secondary N) is 5. The summed E-state index contributed by atoms with van der Waals surface area (Å²) < 4.78 is 33.3. The molecule has 3 fully saturated rings. The van der Waals surface area contributed by atoms with Crippen LogP contribution in [0.2, 0.25) is 0 Å². The number of anilines is 4. The van der Waals surface area contributed by atoms with Crippen LogP contribution in [-0.4, -0.2) is 109 Å². The highest BCUT2D eigenvalue weighted by molar-refractivity contribution is 6.23. The van der Waals surface area contributed by atoms with E-state index in [0.717, 1.165) is 55.2 Å². The quantitative estimate of drug-likeness (QED) is 0.0267. The third-order valence-corrected chi connectivity index (χ3v) is 12.9. The second-order valence-electron chi connectivity index (χ2n) is 17.6. The number of hydrogen-bond acceptors (Lipinski definition) is 12. The number of carbonyl (C=O) groups is 6. The molecule has 68 heavy (non-hydrogen) atoms. The molecule has 16 nitrogen and oxygen atoms in total. The fourth-order valence-corrected chi connectivity index (χ4v) is 9.18. The lowest BCUT2D eigenvalue weighted by Crippen LogP contribution is -2.54. The van der Waals surface area contributed by atoms with E-state index in [1.165, 1.54) is 12.1 Å². The zero-order valence-corrected chi connectivity index (χ0v) is 37.6. The Morgan fingerprint density at radius 2 is 1.51 bits per heavy atom. The van der Waals surface area contributed by atoms with E-state index in [-0.39, 0.29) is 59.4 Å². The topological polar surface area (TPSA) is 219 Å². The lowest BCUT2D eigenvalue weighted by Gasteiger charge is -2.36. The summed E-state index contributed by atoms with van der Waals surface area (Å²) in [6, 6.07) is 17.8. The van der Waals surface area contributed by atoms with Crippen molar-refractivity contribution in [2.45, 2.75) is 76.3 Å². The summed E-state index contributed by atoms with van der Waals surface area (Å²) in [6.45, 7) is 4.15. The van der Waals surface area contributed by atoms with Crippen LogP contribution in [0, 0.1) is 17.0 Å². The molecule has 0 radical (unpaired) electrons. The number of nitrogens with two attached hydrogens (primary N) is 1. The van der Waals surface area contributed by atoms with Crippen LogP contribution in [-0.2, 0) is 25.5 Å². The van der Waals surface area contributed by atoms with E-state index in [0.29, 0.717) is 80.4 Å². The fourth-order valence-electron chi connectivity index (χ4n) is 9.18. The first-order valence-electron chi connectivity index (χ1n) is 23.2. The molecule has 4 aromatic carbocycles. The number of ether oxygens (including phenoxy) is 1. The van der Waals surface area contributed by atoms with Crippen molar-refractivity contribution in [3.05, 3.63) is 118 Å². The van der Waals surface area contributed by atoms with Gasteiger partial charge in [-0.1, -0.05) is 18.9 Å². The molecule has 4 aliphatic heterocycles. The zero-order chi connectivity index (χ0) is 47.9. The number of halogens is 2. The van der Waals surface area contributed by atoms with Crippen molar-refractivity contribution in [2.75, 3.05) is 67.2 Å². The predicted octanol–water partition coefficient (Wildman–Crippen LogP) is 5.60.